The molecular weight excluding hydrogens is 128 g/mol. The van der Waals surface area contributed by atoms with E-state index in [-0.39, 0.29) is 0 Å². The summed E-state index contributed by atoms with van der Waals surface area (Å²) in [6.07, 6.45) is 1.61. The Morgan fingerprint density at radius 3 is 2.70 bits per heavy atom. The van der Waals surface area contributed by atoms with Crippen LogP contribution in [0.2, 0.25) is 0 Å². The molecular formula is C7H12N2O. The molecule has 0 saturated heterocycles. The van der Waals surface area contributed by atoms with Gasteiger partial charge >= 0.3 is 0 Å². The second-order valence-corrected chi connectivity index (χ2v) is 2.54. The number of nitrogens with zero attached hydrogens (tertiary/aromatic N) is 1. The molecule has 3 heteroatoms. The van der Waals surface area contributed by atoms with E-state index >= 15 is 0 Å². The van der Waals surface area contributed by atoms with Gasteiger partial charge in [-0.1, -0.05) is 13.8 Å². The molecule has 2 N–H and O–H groups in total. The van der Waals surface area contributed by atoms with Crippen molar-refractivity contribution in [3.05, 3.63) is 17.8 Å². The highest BCUT2D eigenvalue weighted by Crippen LogP contribution is 2.12. The molecule has 0 aliphatic rings. The van der Waals surface area contributed by atoms with Crippen LogP contribution in [0.1, 0.15) is 31.4 Å². The van der Waals surface area contributed by atoms with Gasteiger partial charge in [-0.05, 0) is 0 Å². The first-order valence-electron chi connectivity index (χ1n) is 3.38. The lowest BCUT2D eigenvalue weighted by molar-refractivity contribution is 0.470. The van der Waals surface area contributed by atoms with Gasteiger partial charge in [-0.25, -0.2) is 4.98 Å². The molecule has 0 atom stereocenters. The molecule has 1 heterocycles. The maximum absolute atomic E-state index is 5.34. The lowest BCUT2D eigenvalue weighted by atomic mass is 10.2. The molecule has 3 nitrogen and oxygen atoms in total. The van der Waals surface area contributed by atoms with Gasteiger partial charge in [0.2, 0.25) is 0 Å². The minimum Gasteiger partial charge on any atom is -0.448 e. The first-order chi connectivity index (χ1) is 4.74. The molecule has 1 aromatic heterocycles. The number of aromatic nitrogens is 1. The SMILES string of the molecule is CC(C)c1nc(CN)co1. The Bertz CT molecular complexity index is 205. The molecule has 0 aromatic carbocycles. The van der Waals surface area contributed by atoms with E-state index in [4.69, 9.17) is 10.2 Å². The second-order valence-electron chi connectivity index (χ2n) is 2.54. The fourth-order valence-corrected chi connectivity index (χ4v) is 0.682. The van der Waals surface area contributed by atoms with Crippen LogP contribution in [-0.2, 0) is 6.54 Å². The predicted octanol–water partition coefficient (Wildman–Crippen LogP) is 1.26. The monoisotopic (exact) mass is 140 g/mol. The quantitative estimate of drug-likeness (QED) is 0.672. The van der Waals surface area contributed by atoms with Crippen LogP contribution in [0.15, 0.2) is 10.7 Å². The van der Waals surface area contributed by atoms with E-state index in [1.54, 1.807) is 6.26 Å². The minimum absolute atomic E-state index is 0.347. The van der Waals surface area contributed by atoms with Crippen molar-refractivity contribution in [2.75, 3.05) is 0 Å². The van der Waals surface area contributed by atoms with E-state index in [1.165, 1.54) is 0 Å². The van der Waals surface area contributed by atoms with Crippen molar-refractivity contribution in [1.29, 1.82) is 0 Å². The van der Waals surface area contributed by atoms with Gasteiger partial charge in [0.05, 0.1) is 5.69 Å². The Morgan fingerprint density at radius 1 is 1.70 bits per heavy atom. The molecule has 10 heavy (non-hydrogen) atoms. The Balaban J connectivity index is 2.78. The lowest BCUT2D eigenvalue weighted by Gasteiger charge is -1.93. The molecule has 0 aliphatic carbocycles. The van der Waals surface area contributed by atoms with Crippen molar-refractivity contribution in [2.24, 2.45) is 5.73 Å². The van der Waals surface area contributed by atoms with Gasteiger partial charge in [-0.15, -0.1) is 0 Å². The first-order valence-corrected chi connectivity index (χ1v) is 3.38. The molecule has 0 amide bonds. The number of hydrogen-bond donors (Lipinski definition) is 1. The Labute approximate surface area is 60.2 Å². The lowest BCUT2D eigenvalue weighted by Crippen LogP contribution is -1.96. The topological polar surface area (TPSA) is 52.0 Å². The van der Waals surface area contributed by atoms with E-state index in [2.05, 4.69) is 4.98 Å². The van der Waals surface area contributed by atoms with Gasteiger partial charge in [0.1, 0.15) is 6.26 Å². The molecule has 56 valence electrons. The van der Waals surface area contributed by atoms with Crippen molar-refractivity contribution in [3.8, 4) is 0 Å². The summed E-state index contributed by atoms with van der Waals surface area (Å²) in [7, 11) is 0. The van der Waals surface area contributed by atoms with Crippen molar-refractivity contribution in [2.45, 2.75) is 26.3 Å². The maximum atomic E-state index is 5.34. The number of nitrogens with two attached hydrogens (primary N) is 1. The highest BCUT2D eigenvalue weighted by Gasteiger charge is 2.05. The molecule has 0 aliphatic heterocycles. The van der Waals surface area contributed by atoms with Crippen LogP contribution < -0.4 is 5.73 Å². The third-order valence-corrected chi connectivity index (χ3v) is 1.27. The minimum atomic E-state index is 0.347. The summed E-state index contributed by atoms with van der Waals surface area (Å²) in [5.41, 5.74) is 6.16. The Morgan fingerprint density at radius 2 is 2.40 bits per heavy atom. The largest absolute Gasteiger partial charge is 0.448 e. The van der Waals surface area contributed by atoms with Crippen molar-refractivity contribution >= 4 is 0 Å². The average Bonchev–Trinajstić information content (AvgIpc) is 2.34. The van der Waals surface area contributed by atoms with Crippen LogP contribution in [0.5, 0.6) is 0 Å². The molecule has 1 aromatic rings. The summed E-state index contributed by atoms with van der Waals surface area (Å²) in [6.45, 7) is 4.52. The van der Waals surface area contributed by atoms with Crippen LogP contribution in [0.3, 0.4) is 0 Å². The number of oxazole rings is 1. The zero-order valence-electron chi connectivity index (χ0n) is 6.29. The third-order valence-electron chi connectivity index (χ3n) is 1.27. The summed E-state index contributed by atoms with van der Waals surface area (Å²) in [5.74, 6) is 1.11. The Hall–Kier alpha value is -0.830. The molecule has 0 fully saturated rings. The molecule has 1 rings (SSSR count). The molecule has 0 saturated carbocycles. The summed E-state index contributed by atoms with van der Waals surface area (Å²) in [5, 5.41) is 0. The molecule has 0 spiro atoms. The fraction of sp³-hybridized carbons (Fsp3) is 0.571. The standard InChI is InChI=1S/C7H12N2O/c1-5(2)7-9-6(3-8)4-10-7/h4-5H,3,8H2,1-2H3. The average molecular weight is 140 g/mol. The predicted molar refractivity (Wildman–Crippen MR) is 38.5 cm³/mol. The van der Waals surface area contributed by atoms with Crippen LogP contribution in [0, 0.1) is 0 Å². The van der Waals surface area contributed by atoms with Crippen molar-refractivity contribution < 1.29 is 4.42 Å². The van der Waals surface area contributed by atoms with Gasteiger partial charge < -0.3 is 10.2 Å². The Kier molecular flexibility index (Phi) is 2.06. The summed E-state index contributed by atoms with van der Waals surface area (Å²) < 4.78 is 5.13. The van der Waals surface area contributed by atoms with Gasteiger partial charge in [-0.3, -0.25) is 0 Å². The second kappa shape index (κ2) is 2.84. The smallest absolute Gasteiger partial charge is 0.196 e. The molecule has 0 bridgehead atoms. The van der Waals surface area contributed by atoms with E-state index in [0.717, 1.165) is 11.6 Å². The zero-order chi connectivity index (χ0) is 7.56. The highest BCUT2D eigenvalue weighted by atomic mass is 16.3. The van der Waals surface area contributed by atoms with E-state index in [1.807, 2.05) is 13.8 Å². The van der Waals surface area contributed by atoms with E-state index in [9.17, 15) is 0 Å². The third kappa shape index (κ3) is 1.36. The van der Waals surface area contributed by atoms with Crippen LogP contribution >= 0.6 is 0 Å². The molecule has 0 unspecified atom stereocenters. The van der Waals surface area contributed by atoms with Crippen LogP contribution in [-0.4, -0.2) is 4.98 Å². The number of hydrogen-bond acceptors (Lipinski definition) is 3. The number of rotatable bonds is 2. The summed E-state index contributed by atoms with van der Waals surface area (Å²) >= 11 is 0. The first kappa shape index (κ1) is 7.28. The highest BCUT2D eigenvalue weighted by molar-refractivity contribution is 4.98. The maximum Gasteiger partial charge on any atom is 0.196 e. The van der Waals surface area contributed by atoms with Gasteiger partial charge in [0.25, 0.3) is 0 Å². The molecule has 0 radical (unpaired) electrons. The van der Waals surface area contributed by atoms with Gasteiger partial charge in [0.15, 0.2) is 5.89 Å². The fourth-order valence-electron chi connectivity index (χ4n) is 0.682. The normalized spacial score (nSPS) is 10.8. The van der Waals surface area contributed by atoms with E-state index in [0.29, 0.717) is 12.5 Å². The summed E-state index contributed by atoms with van der Waals surface area (Å²) in [4.78, 5) is 4.14. The van der Waals surface area contributed by atoms with Gasteiger partial charge in [0, 0.05) is 12.5 Å². The zero-order valence-corrected chi connectivity index (χ0v) is 6.29. The van der Waals surface area contributed by atoms with Crippen LogP contribution in [0.25, 0.3) is 0 Å². The van der Waals surface area contributed by atoms with Gasteiger partial charge in [-0.2, -0.15) is 0 Å². The van der Waals surface area contributed by atoms with Crippen LogP contribution in [0.4, 0.5) is 0 Å². The summed E-state index contributed by atoms with van der Waals surface area (Å²) in [6, 6.07) is 0. The van der Waals surface area contributed by atoms with Crippen molar-refractivity contribution in [1.82, 2.24) is 4.98 Å². The van der Waals surface area contributed by atoms with E-state index < -0.39 is 0 Å². The van der Waals surface area contributed by atoms with Crippen molar-refractivity contribution in [3.63, 3.8) is 0 Å².